The molecule has 88 valence electrons. The zero-order chi connectivity index (χ0) is 12.3. The smallest absolute Gasteiger partial charge is 0.340 e. The number of methoxy groups -OCH3 is 1. The summed E-state index contributed by atoms with van der Waals surface area (Å²) < 4.78 is 42.5. The quantitative estimate of drug-likeness (QED) is 0.803. The molecule has 0 fully saturated rings. The van der Waals surface area contributed by atoms with Gasteiger partial charge in [-0.15, -0.1) is 0 Å². The van der Waals surface area contributed by atoms with Gasteiger partial charge in [0.1, 0.15) is 5.69 Å². The monoisotopic (exact) mass is 234 g/mol. The highest BCUT2D eigenvalue weighted by Crippen LogP contribution is 2.21. The minimum absolute atomic E-state index is 0.379. The maximum atomic E-state index is 13.5. The van der Waals surface area contributed by atoms with Gasteiger partial charge in [-0.05, 0) is 6.07 Å². The number of pyridine rings is 1. The fraction of sp³-hybridized carbons (Fsp3) is 0.333. The van der Waals surface area contributed by atoms with Crippen LogP contribution in [-0.4, -0.2) is 18.1 Å². The van der Waals surface area contributed by atoms with Gasteiger partial charge in [0.15, 0.2) is 5.82 Å². The van der Waals surface area contributed by atoms with E-state index in [1.807, 2.05) is 0 Å². The molecule has 4 nitrogen and oxygen atoms in total. The number of nitrogens with two attached hydrogens (primary N) is 1. The Morgan fingerprint density at radius 2 is 2.25 bits per heavy atom. The van der Waals surface area contributed by atoms with Crippen molar-refractivity contribution in [3.63, 3.8) is 0 Å². The molecule has 7 heteroatoms. The molecule has 0 aromatic carbocycles. The molecule has 0 aliphatic rings. The molecule has 1 aromatic heterocycles. The highest BCUT2D eigenvalue weighted by Gasteiger charge is 2.21. The molecule has 0 spiro atoms. The number of rotatable bonds is 3. The number of aromatic nitrogens is 1. The van der Waals surface area contributed by atoms with Crippen molar-refractivity contribution in [3.8, 4) is 0 Å². The van der Waals surface area contributed by atoms with Crippen LogP contribution in [0.15, 0.2) is 6.07 Å². The molecule has 0 saturated heterocycles. The highest BCUT2D eigenvalue weighted by atomic mass is 19.3. The fourth-order valence-corrected chi connectivity index (χ4v) is 1.11. The Hall–Kier alpha value is -1.63. The van der Waals surface area contributed by atoms with E-state index in [0.717, 1.165) is 7.11 Å². The lowest BCUT2D eigenvalue weighted by Crippen LogP contribution is -2.13. The van der Waals surface area contributed by atoms with Crippen molar-refractivity contribution in [2.24, 2.45) is 5.73 Å². The fourth-order valence-electron chi connectivity index (χ4n) is 1.11. The van der Waals surface area contributed by atoms with Crippen molar-refractivity contribution in [1.29, 1.82) is 0 Å². The van der Waals surface area contributed by atoms with Crippen LogP contribution in [0.1, 0.15) is 28.2 Å². The molecule has 0 saturated carbocycles. The largest absolute Gasteiger partial charge is 0.465 e. The van der Waals surface area contributed by atoms with E-state index in [2.05, 4.69) is 9.72 Å². The number of esters is 1. The summed E-state index contributed by atoms with van der Waals surface area (Å²) in [5.74, 6) is -2.07. The van der Waals surface area contributed by atoms with E-state index in [0.29, 0.717) is 6.07 Å². The summed E-state index contributed by atoms with van der Waals surface area (Å²) in [6.45, 7) is -0.379. The summed E-state index contributed by atoms with van der Waals surface area (Å²) in [5, 5.41) is 0. The van der Waals surface area contributed by atoms with E-state index >= 15 is 0 Å². The molecule has 0 amide bonds. The first-order valence-electron chi connectivity index (χ1n) is 4.27. The molecule has 16 heavy (non-hydrogen) atoms. The Morgan fingerprint density at radius 1 is 1.62 bits per heavy atom. The van der Waals surface area contributed by atoms with Crippen LogP contribution in [-0.2, 0) is 11.3 Å². The first-order valence-corrected chi connectivity index (χ1v) is 4.27. The third kappa shape index (κ3) is 2.30. The van der Waals surface area contributed by atoms with E-state index in [1.54, 1.807) is 0 Å². The Morgan fingerprint density at radius 3 is 2.69 bits per heavy atom. The Kier molecular flexibility index (Phi) is 3.83. The summed E-state index contributed by atoms with van der Waals surface area (Å²) in [5.41, 5.74) is 3.44. The van der Waals surface area contributed by atoms with Gasteiger partial charge in [0.2, 0.25) is 0 Å². The van der Waals surface area contributed by atoms with Crippen molar-refractivity contribution in [2.45, 2.75) is 13.0 Å². The van der Waals surface area contributed by atoms with Crippen LogP contribution in [0.25, 0.3) is 0 Å². The van der Waals surface area contributed by atoms with Gasteiger partial charge in [0, 0.05) is 6.54 Å². The van der Waals surface area contributed by atoms with Gasteiger partial charge in [-0.25, -0.2) is 22.9 Å². The van der Waals surface area contributed by atoms with E-state index < -0.39 is 35.2 Å². The molecule has 0 bridgehead atoms. The standard InChI is InChI=1S/C9H9F3N2O2/c1-16-9(15)4-2-5(8(11)12)14-6(3-13)7(4)10/h2,8H,3,13H2,1H3. The lowest BCUT2D eigenvalue weighted by atomic mass is 10.1. The molecular formula is C9H9F3N2O2. The lowest BCUT2D eigenvalue weighted by molar-refractivity contribution is 0.0594. The van der Waals surface area contributed by atoms with Gasteiger partial charge in [0.25, 0.3) is 6.43 Å². The van der Waals surface area contributed by atoms with Crippen LogP contribution in [0.5, 0.6) is 0 Å². The summed E-state index contributed by atoms with van der Waals surface area (Å²) in [4.78, 5) is 14.4. The van der Waals surface area contributed by atoms with Crippen LogP contribution in [0.4, 0.5) is 13.2 Å². The second-order valence-corrected chi connectivity index (χ2v) is 2.85. The van der Waals surface area contributed by atoms with Crippen molar-refractivity contribution in [1.82, 2.24) is 4.98 Å². The van der Waals surface area contributed by atoms with Crippen LogP contribution >= 0.6 is 0 Å². The number of carbonyl (C=O) groups is 1. The minimum atomic E-state index is -2.91. The van der Waals surface area contributed by atoms with Crippen molar-refractivity contribution in [3.05, 3.63) is 28.8 Å². The summed E-state index contributed by atoms with van der Waals surface area (Å²) in [6.07, 6.45) is -2.91. The first kappa shape index (κ1) is 12.4. The zero-order valence-corrected chi connectivity index (χ0v) is 8.34. The molecule has 1 heterocycles. The maximum Gasteiger partial charge on any atom is 0.340 e. The predicted molar refractivity (Wildman–Crippen MR) is 48.4 cm³/mol. The Bertz CT molecular complexity index is 410. The summed E-state index contributed by atoms with van der Waals surface area (Å²) in [7, 11) is 1.02. The topological polar surface area (TPSA) is 65.2 Å². The van der Waals surface area contributed by atoms with Gasteiger partial charge in [0.05, 0.1) is 18.4 Å². The van der Waals surface area contributed by atoms with Crippen LogP contribution in [0.2, 0.25) is 0 Å². The van der Waals surface area contributed by atoms with Crippen molar-refractivity contribution in [2.75, 3.05) is 7.11 Å². The normalized spacial score (nSPS) is 10.6. The highest BCUT2D eigenvalue weighted by molar-refractivity contribution is 5.89. The van der Waals surface area contributed by atoms with E-state index in [4.69, 9.17) is 5.73 Å². The second-order valence-electron chi connectivity index (χ2n) is 2.85. The summed E-state index contributed by atoms with van der Waals surface area (Å²) >= 11 is 0. The molecule has 1 aromatic rings. The number of hydrogen-bond acceptors (Lipinski definition) is 4. The molecule has 0 radical (unpaired) electrons. The molecule has 0 aliphatic heterocycles. The SMILES string of the molecule is COC(=O)c1cc(C(F)F)nc(CN)c1F. The van der Waals surface area contributed by atoms with Gasteiger partial charge >= 0.3 is 5.97 Å². The molecule has 0 atom stereocenters. The second kappa shape index (κ2) is 4.93. The van der Waals surface area contributed by atoms with Gasteiger partial charge in [-0.2, -0.15) is 0 Å². The Labute approximate surface area is 89.2 Å². The number of halogens is 3. The number of alkyl halides is 2. The summed E-state index contributed by atoms with van der Waals surface area (Å²) in [6, 6.07) is 0.658. The third-order valence-corrected chi connectivity index (χ3v) is 1.87. The van der Waals surface area contributed by atoms with Crippen molar-refractivity contribution < 1.29 is 22.7 Å². The van der Waals surface area contributed by atoms with E-state index in [-0.39, 0.29) is 6.54 Å². The Balaban J connectivity index is 3.35. The number of ether oxygens (including phenoxy) is 1. The molecule has 0 unspecified atom stereocenters. The molecule has 0 aliphatic carbocycles. The van der Waals surface area contributed by atoms with E-state index in [1.165, 1.54) is 0 Å². The lowest BCUT2D eigenvalue weighted by Gasteiger charge is -2.08. The van der Waals surface area contributed by atoms with Gasteiger partial charge in [-0.1, -0.05) is 0 Å². The van der Waals surface area contributed by atoms with E-state index in [9.17, 15) is 18.0 Å². The molecular weight excluding hydrogens is 225 g/mol. The van der Waals surface area contributed by atoms with Crippen LogP contribution in [0, 0.1) is 5.82 Å². The van der Waals surface area contributed by atoms with Crippen LogP contribution < -0.4 is 5.73 Å². The molecule has 1 rings (SSSR count). The average Bonchev–Trinajstić information content (AvgIpc) is 2.28. The average molecular weight is 234 g/mol. The number of carbonyl (C=O) groups excluding carboxylic acids is 1. The number of hydrogen-bond donors (Lipinski definition) is 1. The van der Waals surface area contributed by atoms with Gasteiger partial charge < -0.3 is 10.5 Å². The molecule has 2 N–H and O–H groups in total. The maximum absolute atomic E-state index is 13.5. The van der Waals surface area contributed by atoms with Gasteiger partial charge in [-0.3, -0.25) is 0 Å². The van der Waals surface area contributed by atoms with Crippen LogP contribution in [0.3, 0.4) is 0 Å². The number of nitrogens with zero attached hydrogens (tertiary/aromatic N) is 1. The first-order chi connectivity index (χ1) is 7.51. The third-order valence-electron chi connectivity index (χ3n) is 1.87. The predicted octanol–water partition coefficient (Wildman–Crippen LogP) is 1.40. The zero-order valence-electron chi connectivity index (χ0n) is 8.34. The van der Waals surface area contributed by atoms with Crippen molar-refractivity contribution >= 4 is 5.97 Å². The minimum Gasteiger partial charge on any atom is -0.465 e.